The quantitative estimate of drug-likeness (QED) is 0.799. The largest absolute Gasteiger partial charge is 0.481 e. The summed E-state index contributed by atoms with van der Waals surface area (Å²) in [7, 11) is 0. The molecule has 1 fully saturated rings. The number of amides is 1. The Kier molecular flexibility index (Phi) is 5.30. The second-order valence-corrected chi connectivity index (χ2v) is 7.23. The lowest BCUT2D eigenvalue weighted by molar-refractivity contribution is -0.138. The number of aliphatic carboxylic acids is 1. The molecule has 0 spiro atoms. The summed E-state index contributed by atoms with van der Waals surface area (Å²) in [5, 5.41) is 11.8. The minimum Gasteiger partial charge on any atom is -0.481 e. The van der Waals surface area contributed by atoms with Gasteiger partial charge in [0, 0.05) is 12.5 Å². The van der Waals surface area contributed by atoms with Crippen molar-refractivity contribution in [2.45, 2.75) is 37.3 Å². The Morgan fingerprint density at radius 2 is 1.75 bits per heavy atom. The molecule has 146 valence electrons. The Morgan fingerprint density at radius 3 is 2.32 bits per heavy atom. The van der Waals surface area contributed by atoms with Crippen LogP contribution in [0.4, 0.5) is 4.79 Å². The van der Waals surface area contributed by atoms with Gasteiger partial charge in [0.05, 0.1) is 18.6 Å². The third-order valence-electron chi connectivity index (χ3n) is 5.46. The first-order valence-corrected chi connectivity index (χ1v) is 9.58. The average molecular weight is 381 g/mol. The number of nitrogens with one attached hydrogen (secondary N) is 1. The zero-order valence-corrected chi connectivity index (χ0v) is 15.5. The number of alkyl carbamates (subject to hydrolysis) is 1. The maximum Gasteiger partial charge on any atom is 0.407 e. The number of carbonyl (C=O) groups is 2. The van der Waals surface area contributed by atoms with Crippen LogP contribution in [0.2, 0.25) is 0 Å². The van der Waals surface area contributed by atoms with Gasteiger partial charge in [-0.2, -0.15) is 0 Å². The summed E-state index contributed by atoms with van der Waals surface area (Å²) in [6.07, 6.45) is 0.532. The van der Waals surface area contributed by atoms with Crippen LogP contribution in [0.3, 0.4) is 0 Å². The summed E-state index contributed by atoms with van der Waals surface area (Å²) in [6.45, 7) is 0.790. The van der Waals surface area contributed by atoms with E-state index in [0.717, 1.165) is 35.1 Å². The molecule has 2 aliphatic rings. The van der Waals surface area contributed by atoms with Gasteiger partial charge in [-0.1, -0.05) is 48.5 Å². The van der Waals surface area contributed by atoms with E-state index < -0.39 is 18.1 Å². The van der Waals surface area contributed by atoms with Gasteiger partial charge in [0.25, 0.3) is 0 Å². The third-order valence-corrected chi connectivity index (χ3v) is 5.46. The lowest BCUT2D eigenvalue weighted by Crippen LogP contribution is -2.45. The maximum atomic E-state index is 12.4. The number of ether oxygens (including phenoxy) is 2. The van der Waals surface area contributed by atoms with Gasteiger partial charge in [-0.25, -0.2) is 4.79 Å². The van der Waals surface area contributed by atoms with Crippen molar-refractivity contribution < 1.29 is 24.2 Å². The summed E-state index contributed by atoms with van der Waals surface area (Å²) in [4.78, 5) is 23.5. The number of rotatable bonds is 6. The first-order valence-electron chi connectivity index (χ1n) is 9.58. The molecule has 0 saturated carbocycles. The van der Waals surface area contributed by atoms with Crippen LogP contribution in [-0.4, -0.2) is 42.5 Å². The van der Waals surface area contributed by atoms with E-state index in [9.17, 15) is 9.59 Å². The highest BCUT2D eigenvalue weighted by atomic mass is 16.5. The van der Waals surface area contributed by atoms with Crippen LogP contribution >= 0.6 is 0 Å². The van der Waals surface area contributed by atoms with E-state index in [1.807, 2.05) is 24.3 Å². The fourth-order valence-electron chi connectivity index (χ4n) is 4.17. The summed E-state index contributed by atoms with van der Waals surface area (Å²) < 4.78 is 11.1. The molecule has 2 N–H and O–H groups in total. The molecule has 0 bridgehead atoms. The number of hydrogen-bond donors (Lipinski definition) is 2. The molecule has 1 unspecified atom stereocenters. The Hall–Kier alpha value is -2.86. The molecule has 2 aromatic rings. The highest BCUT2D eigenvalue weighted by Crippen LogP contribution is 2.44. The van der Waals surface area contributed by atoms with Crippen molar-refractivity contribution in [2.24, 2.45) is 0 Å². The van der Waals surface area contributed by atoms with Gasteiger partial charge in [-0.05, 0) is 35.1 Å². The van der Waals surface area contributed by atoms with Gasteiger partial charge in [0.1, 0.15) is 6.61 Å². The molecule has 1 aliphatic carbocycles. The normalized spacial score (nSPS) is 18.9. The monoisotopic (exact) mass is 381 g/mol. The zero-order chi connectivity index (χ0) is 19.5. The Morgan fingerprint density at radius 1 is 1.11 bits per heavy atom. The van der Waals surface area contributed by atoms with Crippen LogP contribution in [-0.2, 0) is 14.3 Å². The van der Waals surface area contributed by atoms with Crippen LogP contribution < -0.4 is 5.32 Å². The number of fused-ring (bicyclic) bond motifs is 3. The SMILES string of the molecule is O=C(O)C[C@@H](NC(=O)OCC1c2ccccc2-c2ccccc21)C1CCCO1. The smallest absolute Gasteiger partial charge is 0.407 e. The van der Waals surface area contributed by atoms with Crippen molar-refractivity contribution in [3.63, 3.8) is 0 Å². The number of carboxylic acid groups (broad SMARTS) is 1. The van der Waals surface area contributed by atoms with Gasteiger partial charge in [-0.3, -0.25) is 4.79 Å². The summed E-state index contributed by atoms with van der Waals surface area (Å²) in [6, 6.07) is 15.7. The van der Waals surface area contributed by atoms with E-state index in [2.05, 4.69) is 29.6 Å². The molecule has 1 saturated heterocycles. The van der Waals surface area contributed by atoms with E-state index in [1.54, 1.807) is 0 Å². The molecule has 1 amide bonds. The van der Waals surface area contributed by atoms with Gasteiger partial charge in [0.15, 0.2) is 0 Å². The van der Waals surface area contributed by atoms with Crippen molar-refractivity contribution in [3.05, 3.63) is 59.7 Å². The van der Waals surface area contributed by atoms with Crippen LogP contribution in [0.25, 0.3) is 11.1 Å². The zero-order valence-electron chi connectivity index (χ0n) is 15.5. The van der Waals surface area contributed by atoms with Gasteiger partial charge in [-0.15, -0.1) is 0 Å². The van der Waals surface area contributed by atoms with Crippen molar-refractivity contribution in [1.82, 2.24) is 5.32 Å². The lowest BCUT2D eigenvalue weighted by atomic mass is 9.98. The number of benzene rings is 2. The van der Waals surface area contributed by atoms with Gasteiger partial charge in [0.2, 0.25) is 0 Å². The molecule has 1 heterocycles. The predicted molar refractivity (Wildman–Crippen MR) is 103 cm³/mol. The van der Waals surface area contributed by atoms with Gasteiger partial charge < -0.3 is 19.9 Å². The highest BCUT2D eigenvalue weighted by molar-refractivity contribution is 5.79. The topological polar surface area (TPSA) is 84.9 Å². The molecule has 4 rings (SSSR count). The first-order chi connectivity index (χ1) is 13.6. The summed E-state index contributed by atoms with van der Waals surface area (Å²) in [5.74, 6) is -1.00. The van der Waals surface area contributed by atoms with E-state index in [-0.39, 0.29) is 25.0 Å². The first kappa shape index (κ1) is 18.5. The fraction of sp³-hybridized carbons (Fsp3) is 0.364. The van der Waals surface area contributed by atoms with Gasteiger partial charge >= 0.3 is 12.1 Å². The van der Waals surface area contributed by atoms with Crippen LogP contribution in [0.15, 0.2) is 48.5 Å². The molecule has 28 heavy (non-hydrogen) atoms. The minimum atomic E-state index is -0.973. The summed E-state index contributed by atoms with van der Waals surface area (Å²) >= 11 is 0. The molecular formula is C22H23NO5. The number of carbonyl (C=O) groups excluding carboxylic acids is 1. The molecule has 0 radical (unpaired) electrons. The molecule has 1 aliphatic heterocycles. The Bertz CT molecular complexity index is 829. The highest BCUT2D eigenvalue weighted by Gasteiger charge is 2.32. The Balaban J connectivity index is 1.44. The number of carboxylic acids is 1. The predicted octanol–water partition coefficient (Wildman–Crippen LogP) is 3.55. The van der Waals surface area contributed by atoms with Crippen LogP contribution in [0.1, 0.15) is 36.3 Å². The second kappa shape index (κ2) is 8.02. The number of hydrogen-bond acceptors (Lipinski definition) is 4. The maximum absolute atomic E-state index is 12.4. The second-order valence-electron chi connectivity index (χ2n) is 7.23. The van der Waals surface area contributed by atoms with Crippen molar-refractivity contribution >= 4 is 12.1 Å². The van der Waals surface area contributed by atoms with E-state index >= 15 is 0 Å². The van der Waals surface area contributed by atoms with E-state index in [4.69, 9.17) is 14.6 Å². The summed E-state index contributed by atoms with van der Waals surface area (Å²) in [5.41, 5.74) is 4.60. The van der Waals surface area contributed by atoms with Crippen molar-refractivity contribution in [1.29, 1.82) is 0 Å². The minimum absolute atomic E-state index is 0.0289. The lowest BCUT2D eigenvalue weighted by Gasteiger charge is -2.23. The standard InChI is InChI=1S/C22H23NO5/c24-21(25)12-19(20-10-5-11-27-20)23-22(26)28-13-18-16-8-3-1-6-14(16)15-7-2-4-9-17(15)18/h1-4,6-9,18-20H,5,10-13H2,(H,23,26)(H,24,25)/t19-,20?/m1/s1. The van der Waals surface area contributed by atoms with E-state index in [1.165, 1.54) is 0 Å². The molecule has 6 nitrogen and oxygen atoms in total. The molecule has 2 aromatic carbocycles. The third kappa shape index (κ3) is 3.73. The molecule has 0 aromatic heterocycles. The van der Waals surface area contributed by atoms with E-state index in [0.29, 0.717) is 6.61 Å². The van der Waals surface area contributed by atoms with Crippen LogP contribution in [0.5, 0.6) is 0 Å². The van der Waals surface area contributed by atoms with Crippen LogP contribution in [0, 0.1) is 0 Å². The molecular weight excluding hydrogens is 358 g/mol. The molecule has 6 heteroatoms. The van der Waals surface area contributed by atoms with Crippen molar-refractivity contribution in [3.8, 4) is 11.1 Å². The fourth-order valence-corrected chi connectivity index (χ4v) is 4.17. The molecule has 2 atom stereocenters. The average Bonchev–Trinajstić information content (AvgIpc) is 3.32. The van der Waals surface area contributed by atoms with Crippen molar-refractivity contribution in [2.75, 3.05) is 13.2 Å². The Labute approximate surface area is 163 Å².